The Morgan fingerprint density at radius 1 is 1.22 bits per heavy atom. The first-order valence-corrected chi connectivity index (χ1v) is 5.77. The third-order valence-corrected chi connectivity index (χ3v) is 2.39. The Kier molecular flexibility index (Phi) is 7.32. The molecule has 0 aliphatic rings. The summed E-state index contributed by atoms with van der Waals surface area (Å²) in [5.41, 5.74) is 5.31. The first-order valence-electron chi connectivity index (χ1n) is 5.14. The highest BCUT2D eigenvalue weighted by atomic mass is 32.1. The summed E-state index contributed by atoms with van der Waals surface area (Å²) < 4.78 is 0. The van der Waals surface area contributed by atoms with Gasteiger partial charge in [0.2, 0.25) is 11.8 Å². The molecule has 3 atom stereocenters. The first kappa shape index (κ1) is 16.7. The Hall–Kier alpha value is -1.32. The molecule has 0 saturated carbocycles. The average Bonchev–Trinajstić information content (AvgIpc) is 2.31. The van der Waals surface area contributed by atoms with Crippen LogP contribution >= 0.6 is 12.6 Å². The third kappa shape index (κ3) is 5.34. The van der Waals surface area contributed by atoms with Gasteiger partial charge in [-0.3, -0.25) is 9.59 Å². The van der Waals surface area contributed by atoms with Gasteiger partial charge in [0.15, 0.2) is 0 Å². The maximum Gasteiger partial charge on any atom is 0.328 e. The molecule has 0 spiro atoms. The summed E-state index contributed by atoms with van der Waals surface area (Å²) in [4.78, 5) is 33.5. The highest BCUT2D eigenvalue weighted by Crippen LogP contribution is 1.93. The average molecular weight is 279 g/mol. The van der Waals surface area contributed by atoms with Crippen molar-refractivity contribution in [2.75, 3.05) is 12.4 Å². The lowest BCUT2D eigenvalue weighted by molar-refractivity contribution is -0.143. The molecular formula is C9H17N3O5S. The fourth-order valence-corrected chi connectivity index (χ4v) is 1.21. The molecule has 0 bridgehead atoms. The molecule has 18 heavy (non-hydrogen) atoms. The lowest BCUT2D eigenvalue weighted by Crippen LogP contribution is -2.55. The zero-order chi connectivity index (χ0) is 14.3. The molecule has 0 saturated heterocycles. The van der Waals surface area contributed by atoms with Gasteiger partial charge in [-0.15, -0.1) is 0 Å². The zero-order valence-electron chi connectivity index (χ0n) is 9.79. The number of aliphatic carboxylic acids is 1. The van der Waals surface area contributed by atoms with Crippen LogP contribution in [0.4, 0.5) is 0 Å². The van der Waals surface area contributed by atoms with Crippen LogP contribution in [0.1, 0.15) is 6.92 Å². The lowest BCUT2D eigenvalue weighted by atomic mass is 10.2. The number of aliphatic hydroxyl groups is 1. The Labute approximate surface area is 109 Å². The summed E-state index contributed by atoms with van der Waals surface area (Å²) >= 11 is 3.88. The van der Waals surface area contributed by atoms with Gasteiger partial charge in [-0.2, -0.15) is 12.6 Å². The molecule has 0 heterocycles. The highest BCUT2D eigenvalue weighted by Gasteiger charge is 2.25. The van der Waals surface area contributed by atoms with Crippen LogP contribution in [0.5, 0.6) is 0 Å². The minimum Gasteiger partial charge on any atom is -0.480 e. The van der Waals surface area contributed by atoms with Crippen LogP contribution in [0.3, 0.4) is 0 Å². The van der Waals surface area contributed by atoms with Gasteiger partial charge in [-0.25, -0.2) is 4.79 Å². The van der Waals surface area contributed by atoms with Crippen molar-refractivity contribution in [1.82, 2.24) is 10.6 Å². The third-order valence-electron chi connectivity index (χ3n) is 2.03. The second-order valence-corrected chi connectivity index (χ2v) is 3.98. The Morgan fingerprint density at radius 2 is 1.72 bits per heavy atom. The van der Waals surface area contributed by atoms with E-state index in [0.29, 0.717) is 0 Å². The van der Waals surface area contributed by atoms with Crippen molar-refractivity contribution < 1.29 is 24.6 Å². The smallest absolute Gasteiger partial charge is 0.328 e. The van der Waals surface area contributed by atoms with E-state index in [2.05, 4.69) is 23.3 Å². The Balaban J connectivity index is 4.52. The Bertz CT molecular complexity index is 323. The van der Waals surface area contributed by atoms with E-state index < -0.39 is 42.5 Å². The van der Waals surface area contributed by atoms with E-state index in [-0.39, 0.29) is 5.75 Å². The van der Waals surface area contributed by atoms with Gasteiger partial charge in [0.1, 0.15) is 12.1 Å². The van der Waals surface area contributed by atoms with E-state index in [0.717, 1.165) is 0 Å². The fraction of sp³-hybridized carbons (Fsp3) is 0.667. The van der Waals surface area contributed by atoms with Crippen LogP contribution in [-0.4, -0.2) is 58.5 Å². The summed E-state index contributed by atoms with van der Waals surface area (Å²) in [5, 5.41) is 21.8. The molecule has 3 unspecified atom stereocenters. The second-order valence-electron chi connectivity index (χ2n) is 3.61. The van der Waals surface area contributed by atoms with Crippen LogP contribution in [0.2, 0.25) is 0 Å². The number of nitrogens with one attached hydrogen (secondary N) is 2. The van der Waals surface area contributed by atoms with Crippen LogP contribution in [-0.2, 0) is 14.4 Å². The van der Waals surface area contributed by atoms with Crippen LogP contribution in [0.25, 0.3) is 0 Å². The van der Waals surface area contributed by atoms with Gasteiger partial charge in [0.05, 0.1) is 12.6 Å². The Morgan fingerprint density at radius 3 is 2.06 bits per heavy atom. The molecule has 9 heteroatoms. The maximum atomic E-state index is 11.6. The molecule has 0 aliphatic carbocycles. The molecule has 2 amide bonds. The quantitative estimate of drug-likeness (QED) is 0.280. The second kappa shape index (κ2) is 7.90. The molecule has 104 valence electrons. The molecule has 0 aromatic carbocycles. The first-order chi connectivity index (χ1) is 8.33. The monoisotopic (exact) mass is 279 g/mol. The zero-order valence-corrected chi connectivity index (χ0v) is 10.7. The molecule has 0 radical (unpaired) electrons. The number of carbonyl (C=O) groups is 3. The van der Waals surface area contributed by atoms with Crippen molar-refractivity contribution in [3.8, 4) is 0 Å². The SMILES string of the molecule is CC(N)C(=O)NC(CS)C(=O)NC(CO)C(=O)O. The van der Waals surface area contributed by atoms with Crippen LogP contribution in [0, 0.1) is 0 Å². The molecule has 0 aliphatic heterocycles. The molecule has 0 aromatic rings. The number of amides is 2. The standard InChI is InChI=1S/C9H17N3O5S/c1-4(10)7(14)12-6(3-18)8(15)11-5(2-13)9(16)17/h4-6,13,18H,2-3,10H2,1H3,(H,11,15)(H,12,14)(H,16,17). The number of carbonyl (C=O) groups excluding carboxylic acids is 2. The number of carboxylic acids is 1. The van der Waals surface area contributed by atoms with Crippen molar-refractivity contribution in [3.05, 3.63) is 0 Å². The van der Waals surface area contributed by atoms with Crippen molar-refractivity contribution in [2.45, 2.75) is 25.0 Å². The van der Waals surface area contributed by atoms with Gasteiger partial charge in [0.25, 0.3) is 0 Å². The van der Waals surface area contributed by atoms with E-state index in [1.807, 2.05) is 0 Å². The molecule has 8 nitrogen and oxygen atoms in total. The van der Waals surface area contributed by atoms with Crippen molar-refractivity contribution in [3.63, 3.8) is 0 Å². The van der Waals surface area contributed by atoms with Gasteiger partial charge >= 0.3 is 5.97 Å². The van der Waals surface area contributed by atoms with E-state index in [1.165, 1.54) is 6.92 Å². The highest BCUT2D eigenvalue weighted by molar-refractivity contribution is 7.80. The number of aliphatic hydroxyl groups excluding tert-OH is 1. The summed E-state index contributed by atoms with van der Waals surface area (Å²) in [5.74, 6) is -2.70. The number of nitrogens with two attached hydrogens (primary N) is 1. The number of thiol groups is 1. The minimum atomic E-state index is -1.42. The van der Waals surface area contributed by atoms with E-state index in [9.17, 15) is 14.4 Å². The summed E-state index contributed by atoms with van der Waals surface area (Å²) in [6, 6.07) is -3.24. The van der Waals surface area contributed by atoms with Gasteiger partial charge in [-0.1, -0.05) is 0 Å². The summed E-state index contributed by atoms with van der Waals surface area (Å²) in [6.45, 7) is 0.693. The normalized spacial score (nSPS) is 15.3. The van der Waals surface area contributed by atoms with Gasteiger partial charge in [0, 0.05) is 5.75 Å². The number of hydrogen-bond donors (Lipinski definition) is 6. The summed E-state index contributed by atoms with van der Waals surface area (Å²) in [7, 11) is 0. The van der Waals surface area contributed by atoms with Crippen LogP contribution < -0.4 is 16.4 Å². The number of hydrogen-bond acceptors (Lipinski definition) is 6. The summed E-state index contributed by atoms with van der Waals surface area (Å²) in [6.07, 6.45) is 0. The predicted molar refractivity (Wildman–Crippen MR) is 66.1 cm³/mol. The minimum absolute atomic E-state index is 0.0257. The van der Waals surface area contributed by atoms with E-state index in [4.69, 9.17) is 15.9 Å². The van der Waals surface area contributed by atoms with E-state index >= 15 is 0 Å². The fourth-order valence-electron chi connectivity index (χ4n) is 0.955. The molecular weight excluding hydrogens is 262 g/mol. The molecule has 0 rings (SSSR count). The van der Waals surface area contributed by atoms with Crippen molar-refractivity contribution in [2.24, 2.45) is 5.73 Å². The van der Waals surface area contributed by atoms with E-state index in [1.54, 1.807) is 0 Å². The lowest BCUT2D eigenvalue weighted by Gasteiger charge is -2.19. The van der Waals surface area contributed by atoms with Crippen molar-refractivity contribution in [1.29, 1.82) is 0 Å². The number of carboxylic acid groups (broad SMARTS) is 1. The largest absolute Gasteiger partial charge is 0.480 e. The van der Waals surface area contributed by atoms with Gasteiger partial charge < -0.3 is 26.6 Å². The van der Waals surface area contributed by atoms with Gasteiger partial charge in [-0.05, 0) is 6.92 Å². The predicted octanol–water partition coefficient (Wildman–Crippen LogP) is -2.69. The van der Waals surface area contributed by atoms with Crippen LogP contribution in [0.15, 0.2) is 0 Å². The maximum absolute atomic E-state index is 11.6. The molecule has 0 aromatic heterocycles. The van der Waals surface area contributed by atoms with Crippen molar-refractivity contribution >= 4 is 30.4 Å². The molecule has 0 fully saturated rings. The molecule has 6 N–H and O–H groups in total. The number of rotatable bonds is 7. The topological polar surface area (TPSA) is 142 Å².